The largest absolute Gasteiger partial charge is 0.343 e. The minimum absolute atomic E-state index is 0.219. The summed E-state index contributed by atoms with van der Waals surface area (Å²) in [5.41, 5.74) is 2.94. The molecule has 0 saturated carbocycles. The third-order valence-corrected chi connectivity index (χ3v) is 5.03. The van der Waals surface area contributed by atoms with Crippen molar-refractivity contribution in [3.63, 3.8) is 0 Å². The van der Waals surface area contributed by atoms with Crippen molar-refractivity contribution in [2.45, 2.75) is 6.04 Å². The minimum atomic E-state index is -0.492. The molecule has 0 aliphatic heterocycles. The number of hydrogen-bond acceptors (Lipinski definition) is 3. The van der Waals surface area contributed by atoms with Crippen LogP contribution < -0.4 is 10.6 Å². The van der Waals surface area contributed by atoms with E-state index in [1.807, 2.05) is 66.2 Å². The topological polar surface area (TPSA) is 76.0 Å². The first-order valence-electron chi connectivity index (χ1n) is 9.82. The molecule has 6 nitrogen and oxygen atoms in total. The second-order valence-electron chi connectivity index (χ2n) is 7.12. The number of benzene rings is 3. The fourth-order valence-corrected chi connectivity index (χ4v) is 3.44. The highest BCUT2D eigenvalue weighted by Crippen LogP contribution is 2.24. The normalized spacial score (nSPS) is 11.8. The Labute approximate surface area is 178 Å². The Morgan fingerprint density at radius 2 is 1.65 bits per heavy atom. The van der Waals surface area contributed by atoms with E-state index in [1.165, 1.54) is 24.3 Å². The lowest BCUT2D eigenvalue weighted by Gasteiger charge is -2.19. The van der Waals surface area contributed by atoms with Crippen LogP contribution in [0.2, 0.25) is 0 Å². The molecule has 0 bridgehead atoms. The summed E-state index contributed by atoms with van der Waals surface area (Å²) in [6, 6.07) is 21.9. The van der Waals surface area contributed by atoms with Crippen molar-refractivity contribution in [2.75, 3.05) is 6.54 Å². The highest BCUT2D eigenvalue weighted by atomic mass is 19.1. The Hall–Kier alpha value is -4.00. The lowest BCUT2D eigenvalue weighted by Crippen LogP contribution is -2.39. The molecule has 0 aliphatic carbocycles. The molecular weight excluding hydrogens is 395 g/mol. The zero-order valence-electron chi connectivity index (χ0n) is 16.9. The number of nitrogens with one attached hydrogen (secondary N) is 2. The molecule has 4 aromatic rings. The monoisotopic (exact) mass is 416 g/mol. The fraction of sp³-hybridized carbons (Fsp3) is 0.125. The number of aromatic nitrogens is 2. The standard InChI is InChI=1S/C24H21FN4O2/c1-29-20-10-6-5-9-19(20)27-23(29)22(16-7-3-2-4-8-16)28-21(30)15-26-24(31)17-11-13-18(25)14-12-17/h2-14,22H,15H2,1H3,(H,26,31)(H,28,30). The molecule has 156 valence electrons. The maximum absolute atomic E-state index is 13.0. The van der Waals surface area contributed by atoms with Gasteiger partial charge in [0, 0.05) is 12.6 Å². The van der Waals surface area contributed by atoms with E-state index in [0.717, 1.165) is 16.6 Å². The van der Waals surface area contributed by atoms with Gasteiger partial charge in [0.25, 0.3) is 5.91 Å². The van der Waals surface area contributed by atoms with Gasteiger partial charge in [0.05, 0.1) is 17.6 Å². The molecule has 1 heterocycles. The van der Waals surface area contributed by atoms with Crippen molar-refractivity contribution >= 4 is 22.8 Å². The summed E-state index contributed by atoms with van der Waals surface area (Å²) in [6.07, 6.45) is 0. The maximum Gasteiger partial charge on any atom is 0.251 e. The second kappa shape index (κ2) is 8.79. The smallest absolute Gasteiger partial charge is 0.251 e. The molecule has 0 radical (unpaired) electrons. The molecule has 31 heavy (non-hydrogen) atoms. The minimum Gasteiger partial charge on any atom is -0.343 e. The summed E-state index contributed by atoms with van der Waals surface area (Å²) >= 11 is 0. The molecule has 1 aromatic heterocycles. The van der Waals surface area contributed by atoms with Gasteiger partial charge >= 0.3 is 0 Å². The van der Waals surface area contributed by atoms with Gasteiger partial charge in [-0.25, -0.2) is 9.37 Å². The number of nitrogens with zero attached hydrogens (tertiary/aromatic N) is 2. The predicted molar refractivity (Wildman–Crippen MR) is 116 cm³/mol. The number of imidazole rings is 1. The number of aryl methyl sites for hydroxylation is 1. The van der Waals surface area contributed by atoms with E-state index in [9.17, 15) is 14.0 Å². The summed E-state index contributed by atoms with van der Waals surface area (Å²) < 4.78 is 15.0. The molecule has 0 saturated heterocycles. The van der Waals surface area contributed by atoms with Gasteiger partial charge in [-0.15, -0.1) is 0 Å². The number of amides is 2. The van der Waals surface area contributed by atoms with Crippen molar-refractivity contribution < 1.29 is 14.0 Å². The lowest BCUT2D eigenvalue weighted by atomic mass is 10.1. The summed E-state index contributed by atoms with van der Waals surface area (Å²) in [5.74, 6) is -0.557. The number of rotatable bonds is 6. The number of para-hydroxylation sites is 2. The fourth-order valence-electron chi connectivity index (χ4n) is 3.44. The Bertz CT molecular complexity index is 1220. The van der Waals surface area contributed by atoms with E-state index in [1.54, 1.807) is 0 Å². The van der Waals surface area contributed by atoms with Crippen LogP contribution in [0.25, 0.3) is 11.0 Å². The van der Waals surface area contributed by atoms with Crippen molar-refractivity contribution in [3.8, 4) is 0 Å². The van der Waals surface area contributed by atoms with Crippen LogP contribution in [0.3, 0.4) is 0 Å². The maximum atomic E-state index is 13.0. The summed E-state index contributed by atoms with van der Waals surface area (Å²) in [6.45, 7) is -0.219. The number of carbonyl (C=O) groups excluding carboxylic acids is 2. The first-order valence-corrected chi connectivity index (χ1v) is 9.82. The third kappa shape index (κ3) is 4.45. The highest BCUT2D eigenvalue weighted by Gasteiger charge is 2.22. The van der Waals surface area contributed by atoms with E-state index in [-0.39, 0.29) is 18.0 Å². The third-order valence-electron chi connectivity index (χ3n) is 5.03. The van der Waals surface area contributed by atoms with Crippen molar-refractivity contribution in [3.05, 3.63) is 102 Å². The van der Waals surface area contributed by atoms with Crippen molar-refractivity contribution in [2.24, 2.45) is 7.05 Å². The average molecular weight is 416 g/mol. The van der Waals surface area contributed by atoms with E-state index >= 15 is 0 Å². The van der Waals surface area contributed by atoms with Gasteiger partial charge in [-0.05, 0) is 42.0 Å². The van der Waals surface area contributed by atoms with E-state index < -0.39 is 17.8 Å². The van der Waals surface area contributed by atoms with Gasteiger partial charge in [-0.3, -0.25) is 9.59 Å². The Morgan fingerprint density at radius 1 is 0.968 bits per heavy atom. The summed E-state index contributed by atoms with van der Waals surface area (Å²) in [5, 5.41) is 5.54. The van der Waals surface area contributed by atoms with Crippen LogP contribution in [-0.2, 0) is 11.8 Å². The summed E-state index contributed by atoms with van der Waals surface area (Å²) in [4.78, 5) is 29.6. The molecule has 1 unspecified atom stereocenters. The highest BCUT2D eigenvalue weighted by molar-refractivity contribution is 5.96. The van der Waals surface area contributed by atoms with E-state index in [4.69, 9.17) is 4.98 Å². The average Bonchev–Trinajstić information content (AvgIpc) is 3.13. The molecule has 7 heteroatoms. The molecule has 1 atom stereocenters. The van der Waals surface area contributed by atoms with Gasteiger partial charge in [0.15, 0.2) is 0 Å². The van der Waals surface area contributed by atoms with Crippen LogP contribution >= 0.6 is 0 Å². The first kappa shape index (κ1) is 20.3. The Kier molecular flexibility index (Phi) is 5.75. The molecule has 0 fully saturated rings. The van der Waals surface area contributed by atoms with Crippen molar-refractivity contribution in [1.82, 2.24) is 20.2 Å². The molecular formula is C24H21FN4O2. The first-order chi connectivity index (χ1) is 15.0. The number of carbonyl (C=O) groups is 2. The van der Waals surface area contributed by atoms with Crippen LogP contribution in [0.5, 0.6) is 0 Å². The molecule has 4 rings (SSSR count). The van der Waals surface area contributed by atoms with Gasteiger partial charge in [-0.2, -0.15) is 0 Å². The van der Waals surface area contributed by atoms with Crippen LogP contribution in [0.4, 0.5) is 4.39 Å². The molecule has 0 aliphatic rings. The van der Waals surface area contributed by atoms with E-state index in [0.29, 0.717) is 5.82 Å². The summed E-state index contributed by atoms with van der Waals surface area (Å²) in [7, 11) is 1.91. The lowest BCUT2D eigenvalue weighted by molar-refractivity contribution is -0.120. The quantitative estimate of drug-likeness (QED) is 0.506. The zero-order valence-corrected chi connectivity index (χ0v) is 16.9. The van der Waals surface area contributed by atoms with Gasteiger partial charge in [-0.1, -0.05) is 42.5 Å². The number of fused-ring (bicyclic) bond motifs is 1. The molecule has 0 spiro atoms. The van der Waals surface area contributed by atoms with Crippen LogP contribution in [0.15, 0.2) is 78.9 Å². The van der Waals surface area contributed by atoms with Crippen LogP contribution in [-0.4, -0.2) is 27.9 Å². The van der Waals surface area contributed by atoms with Gasteiger partial charge < -0.3 is 15.2 Å². The Morgan fingerprint density at radius 3 is 2.35 bits per heavy atom. The van der Waals surface area contributed by atoms with Crippen LogP contribution in [0.1, 0.15) is 27.8 Å². The molecule has 2 amide bonds. The van der Waals surface area contributed by atoms with E-state index in [2.05, 4.69) is 10.6 Å². The van der Waals surface area contributed by atoms with Gasteiger partial charge in [0.2, 0.25) is 5.91 Å². The molecule has 2 N–H and O–H groups in total. The van der Waals surface area contributed by atoms with Crippen LogP contribution in [0, 0.1) is 5.82 Å². The van der Waals surface area contributed by atoms with Crippen molar-refractivity contribution in [1.29, 1.82) is 0 Å². The number of halogens is 1. The second-order valence-corrected chi connectivity index (χ2v) is 7.12. The predicted octanol–water partition coefficient (Wildman–Crippen LogP) is 3.35. The number of hydrogen-bond donors (Lipinski definition) is 2. The van der Waals surface area contributed by atoms with Gasteiger partial charge in [0.1, 0.15) is 17.7 Å². The SMILES string of the molecule is Cn1c(C(NC(=O)CNC(=O)c2ccc(F)cc2)c2ccccc2)nc2ccccc21. The zero-order chi connectivity index (χ0) is 21.8. The Balaban J connectivity index is 1.54. The molecule has 3 aromatic carbocycles.